The summed E-state index contributed by atoms with van der Waals surface area (Å²) >= 11 is 0. The molecule has 1 fully saturated rings. The monoisotopic (exact) mass is 205 g/mol. The minimum Gasteiger partial charge on any atom is -0.391 e. The predicted molar refractivity (Wildman–Crippen MR) is 42.9 cm³/mol. The van der Waals surface area contributed by atoms with Crippen LogP contribution < -0.4 is 0 Å². The lowest BCUT2D eigenvalue weighted by Crippen LogP contribution is -2.46. The van der Waals surface area contributed by atoms with E-state index in [0.717, 1.165) is 0 Å². The van der Waals surface area contributed by atoms with Crippen molar-refractivity contribution in [3.63, 3.8) is 0 Å². The van der Waals surface area contributed by atoms with Crippen LogP contribution in [0.4, 0.5) is 0 Å². The lowest BCUT2D eigenvalue weighted by molar-refractivity contribution is -0.244. The number of nitrogens with zero attached hydrogens (tertiary/aromatic N) is 3. The van der Waals surface area contributed by atoms with E-state index in [1.54, 1.807) is 0 Å². The number of rotatable bonds is 3. The molecule has 14 heavy (non-hydrogen) atoms. The first-order valence-electron chi connectivity index (χ1n) is 3.93. The molecule has 4 N–H and O–H groups in total. The van der Waals surface area contributed by atoms with E-state index < -0.39 is 30.7 Å². The number of hydrogen-bond donors (Lipinski definition) is 4. The summed E-state index contributed by atoms with van der Waals surface area (Å²) in [5.74, 6) is -2.19. The summed E-state index contributed by atoms with van der Waals surface area (Å²) in [6.45, 7) is -1.07. The molecule has 1 aliphatic rings. The zero-order valence-electron chi connectivity index (χ0n) is 7.19. The first-order valence-corrected chi connectivity index (χ1v) is 3.93. The minimum atomic E-state index is -2.19. The number of aliphatic hydroxyl groups is 4. The zero-order chi connectivity index (χ0) is 10.8. The van der Waals surface area contributed by atoms with Crippen LogP contribution in [0.1, 0.15) is 0 Å². The summed E-state index contributed by atoms with van der Waals surface area (Å²) in [6.07, 6.45) is -4.03. The number of aliphatic hydroxyl groups excluding tert-OH is 3. The Bertz CT molecular complexity index is 256. The summed E-state index contributed by atoms with van der Waals surface area (Å²) in [5, 5.41) is 39.8. The highest BCUT2D eigenvalue weighted by atomic mass is 16.7. The molecule has 0 radical (unpaired) electrons. The molecule has 0 aliphatic carbocycles. The third-order valence-corrected chi connectivity index (χ3v) is 2.07. The molecule has 1 unspecified atom stereocenters. The van der Waals surface area contributed by atoms with Crippen LogP contribution in [0.2, 0.25) is 0 Å². The molecule has 0 amide bonds. The summed E-state index contributed by atoms with van der Waals surface area (Å²) in [7, 11) is 0. The maximum absolute atomic E-state index is 9.39. The second-order valence-electron chi connectivity index (χ2n) is 3.01. The van der Waals surface area contributed by atoms with Crippen molar-refractivity contribution in [2.75, 3.05) is 13.2 Å². The SMILES string of the molecule is [N-]=[N+]=NC[C@@H]1OC(O)(CO)[C@H](O)[C@@H]1O. The fraction of sp³-hybridized carbons (Fsp3) is 1.00. The van der Waals surface area contributed by atoms with Crippen LogP contribution in [0.25, 0.3) is 10.4 Å². The van der Waals surface area contributed by atoms with E-state index in [2.05, 4.69) is 10.0 Å². The van der Waals surface area contributed by atoms with Crippen LogP contribution in [0.15, 0.2) is 5.11 Å². The van der Waals surface area contributed by atoms with Crippen molar-refractivity contribution in [2.45, 2.75) is 24.1 Å². The Kier molecular flexibility index (Phi) is 3.27. The van der Waals surface area contributed by atoms with Crippen LogP contribution in [0.3, 0.4) is 0 Å². The Morgan fingerprint density at radius 2 is 2.14 bits per heavy atom. The van der Waals surface area contributed by atoms with Gasteiger partial charge in [-0.1, -0.05) is 5.11 Å². The minimum absolute atomic E-state index is 0.225. The van der Waals surface area contributed by atoms with Crippen LogP contribution in [-0.2, 0) is 4.74 Å². The lowest BCUT2D eigenvalue weighted by atomic mass is 10.1. The smallest absolute Gasteiger partial charge is 0.219 e. The van der Waals surface area contributed by atoms with Crippen molar-refractivity contribution >= 4 is 0 Å². The quantitative estimate of drug-likeness (QED) is 0.242. The normalized spacial score (nSPS) is 42.1. The van der Waals surface area contributed by atoms with Gasteiger partial charge in [-0.25, -0.2) is 0 Å². The van der Waals surface area contributed by atoms with Gasteiger partial charge >= 0.3 is 0 Å². The van der Waals surface area contributed by atoms with E-state index in [9.17, 15) is 15.3 Å². The van der Waals surface area contributed by atoms with Crippen molar-refractivity contribution in [1.82, 2.24) is 0 Å². The van der Waals surface area contributed by atoms with E-state index >= 15 is 0 Å². The van der Waals surface area contributed by atoms with Crippen molar-refractivity contribution < 1.29 is 25.2 Å². The van der Waals surface area contributed by atoms with Crippen molar-refractivity contribution in [2.24, 2.45) is 5.11 Å². The molecule has 0 aromatic carbocycles. The molecule has 0 spiro atoms. The molecule has 80 valence electrons. The Morgan fingerprint density at radius 3 is 2.57 bits per heavy atom. The first-order chi connectivity index (χ1) is 6.55. The maximum Gasteiger partial charge on any atom is 0.219 e. The molecule has 0 aromatic heterocycles. The summed E-state index contributed by atoms with van der Waals surface area (Å²) < 4.78 is 4.77. The lowest BCUT2D eigenvalue weighted by Gasteiger charge is -2.22. The first kappa shape index (κ1) is 11.2. The molecule has 1 saturated heterocycles. The predicted octanol–water partition coefficient (Wildman–Crippen LogP) is -1.90. The highest BCUT2D eigenvalue weighted by Crippen LogP contribution is 2.28. The van der Waals surface area contributed by atoms with Crippen molar-refractivity contribution in [3.05, 3.63) is 10.4 Å². The molecule has 4 atom stereocenters. The van der Waals surface area contributed by atoms with Gasteiger partial charge in [0.25, 0.3) is 0 Å². The summed E-state index contributed by atoms with van der Waals surface area (Å²) in [5.41, 5.74) is 8.01. The van der Waals surface area contributed by atoms with Gasteiger partial charge < -0.3 is 25.2 Å². The molecule has 1 heterocycles. The molecular formula is C6H11N3O5. The standard InChI is InChI=1S/C6H11N3O5/c7-9-8-1-3-4(11)5(12)6(13,2-10)14-3/h3-5,10-13H,1-2H2/t3-,4+,5+,6?/m0/s1. The van der Waals surface area contributed by atoms with Gasteiger partial charge in [0.15, 0.2) is 0 Å². The molecule has 8 heteroatoms. The molecular weight excluding hydrogens is 194 g/mol. The zero-order valence-corrected chi connectivity index (χ0v) is 7.19. The molecule has 0 aromatic rings. The maximum atomic E-state index is 9.39. The Balaban J connectivity index is 2.71. The topological polar surface area (TPSA) is 139 Å². The molecule has 8 nitrogen and oxygen atoms in total. The highest BCUT2D eigenvalue weighted by Gasteiger charge is 2.52. The third-order valence-electron chi connectivity index (χ3n) is 2.07. The molecule has 0 saturated carbocycles. The van der Waals surface area contributed by atoms with Gasteiger partial charge in [0.05, 0.1) is 19.3 Å². The van der Waals surface area contributed by atoms with Crippen LogP contribution in [-0.4, -0.2) is 57.7 Å². The average Bonchev–Trinajstić information content (AvgIpc) is 2.41. The second kappa shape index (κ2) is 4.09. The average molecular weight is 205 g/mol. The van der Waals surface area contributed by atoms with Crippen molar-refractivity contribution in [3.8, 4) is 0 Å². The highest BCUT2D eigenvalue weighted by molar-refractivity contribution is 4.95. The molecule has 0 bridgehead atoms. The van der Waals surface area contributed by atoms with Crippen LogP contribution in [0, 0.1) is 0 Å². The van der Waals surface area contributed by atoms with Gasteiger partial charge in [0, 0.05) is 4.91 Å². The molecule has 1 rings (SSSR count). The van der Waals surface area contributed by atoms with Crippen LogP contribution >= 0.6 is 0 Å². The Labute approximate surface area is 79.0 Å². The van der Waals surface area contributed by atoms with Gasteiger partial charge in [0.1, 0.15) is 12.2 Å². The fourth-order valence-electron chi connectivity index (χ4n) is 1.26. The van der Waals surface area contributed by atoms with E-state index in [4.69, 9.17) is 15.4 Å². The van der Waals surface area contributed by atoms with E-state index in [0.29, 0.717) is 0 Å². The summed E-state index contributed by atoms with van der Waals surface area (Å²) in [6, 6.07) is 0. The van der Waals surface area contributed by atoms with Gasteiger partial charge in [-0.2, -0.15) is 0 Å². The van der Waals surface area contributed by atoms with E-state index in [1.165, 1.54) is 0 Å². The van der Waals surface area contributed by atoms with E-state index in [1.807, 2.05) is 0 Å². The van der Waals surface area contributed by atoms with Gasteiger partial charge in [-0.3, -0.25) is 0 Å². The fourth-order valence-corrected chi connectivity index (χ4v) is 1.26. The number of hydrogen-bond acceptors (Lipinski definition) is 6. The third kappa shape index (κ3) is 1.80. The van der Waals surface area contributed by atoms with Gasteiger partial charge in [-0.05, 0) is 5.53 Å². The van der Waals surface area contributed by atoms with Gasteiger partial charge in [0.2, 0.25) is 5.79 Å². The molecule has 1 aliphatic heterocycles. The largest absolute Gasteiger partial charge is 0.391 e. The number of azide groups is 1. The van der Waals surface area contributed by atoms with Crippen molar-refractivity contribution in [1.29, 1.82) is 0 Å². The second-order valence-corrected chi connectivity index (χ2v) is 3.01. The Morgan fingerprint density at radius 1 is 1.50 bits per heavy atom. The van der Waals surface area contributed by atoms with E-state index in [-0.39, 0.29) is 6.54 Å². The Hall–Kier alpha value is -0.890. The number of ether oxygens (including phenoxy) is 1. The van der Waals surface area contributed by atoms with Gasteiger partial charge in [-0.15, -0.1) is 0 Å². The van der Waals surface area contributed by atoms with Crippen LogP contribution in [0.5, 0.6) is 0 Å². The summed E-state index contributed by atoms with van der Waals surface area (Å²) in [4.78, 5) is 2.44.